The Balaban J connectivity index is 1.31. The number of fused-ring (bicyclic) bond motifs is 3. The average molecular weight is 583 g/mol. The Labute approximate surface area is 252 Å². The van der Waals surface area contributed by atoms with Crippen molar-refractivity contribution in [1.29, 1.82) is 0 Å². The van der Waals surface area contributed by atoms with Gasteiger partial charge in [-0.1, -0.05) is 103 Å². The minimum absolute atomic E-state index is 0.0531. The van der Waals surface area contributed by atoms with Gasteiger partial charge in [0.05, 0.1) is 0 Å². The van der Waals surface area contributed by atoms with Crippen LogP contribution >= 0.6 is 11.6 Å². The lowest BCUT2D eigenvalue weighted by atomic mass is 9.98. The van der Waals surface area contributed by atoms with E-state index in [-0.39, 0.29) is 32.2 Å². The van der Waals surface area contributed by atoms with E-state index in [1.54, 1.807) is 25.7 Å². The van der Waals surface area contributed by atoms with Gasteiger partial charge in [0.15, 0.2) is 0 Å². The fourth-order valence-corrected chi connectivity index (χ4v) is 5.57. The summed E-state index contributed by atoms with van der Waals surface area (Å²) in [6, 6.07) is 32.2. The first-order chi connectivity index (χ1) is 20.2. The van der Waals surface area contributed by atoms with Crippen LogP contribution in [0.2, 0.25) is 5.02 Å². The highest BCUT2D eigenvalue weighted by molar-refractivity contribution is 6.33. The number of ether oxygens (including phenoxy) is 2. The molecule has 0 unspecified atom stereocenters. The standard InChI is InChI=1S/C35H35ClN2O4/c1-35(2,3)42-33(39)37-19-20-38(22-24-17-18-26(32(36)21-24)25-11-5-4-6-12-25)34(40)41-23-31-29-15-9-7-13-27(29)28-14-8-10-16-30(28)31/h4-18,21,31H,19-20,22-23H2,1-3H3,(H,37,39). The van der Waals surface area contributed by atoms with Crippen LogP contribution in [-0.2, 0) is 16.0 Å². The van der Waals surface area contributed by atoms with Crippen molar-refractivity contribution in [3.05, 3.63) is 119 Å². The van der Waals surface area contributed by atoms with Gasteiger partial charge in [-0.25, -0.2) is 9.59 Å². The molecule has 42 heavy (non-hydrogen) atoms. The van der Waals surface area contributed by atoms with Gasteiger partial charge in [0.1, 0.15) is 12.2 Å². The van der Waals surface area contributed by atoms with Gasteiger partial charge in [0.25, 0.3) is 0 Å². The maximum atomic E-state index is 13.5. The molecule has 4 aromatic carbocycles. The van der Waals surface area contributed by atoms with E-state index in [2.05, 4.69) is 29.6 Å². The summed E-state index contributed by atoms with van der Waals surface area (Å²) in [7, 11) is 0. The predicted molar refractivity (Wildman–Crippen MR) is 167 cm³/mol. The van der Waals surface area contributed by atoms with Gasteiger partial charge in [0, 0.05) is 36.1 Å². The molecule has 1 aliphatic rings. The normalized spacial score (nSPS) is 12.3. The molecule has 2 amide bonds. The predicted octanol–water partition coefficient (Wildman–Crippen LogP) is 8.28. The zero-order valence-corrected chi connectivity index (χ0v) is 24.9. The lowest BCUT2D eigenvalue weighted by Crippen LogP contribution is -2.40. The third-order valence-electron chi connectivity index (χ3n) is 7.14. The highest BCUT2D eigenvalue weighted by Gasteiger charge is 2.30. The van der Waals surface area contributed by atoms with Crippen LogP contribution in [0.3, 0.4) is 0 Å². The molecule has 7 heteroatoms. The van der Waals surface area contributed by atoms with Crippen LogP contribution in [0.4, 0.5) is 9.59 Å². The number of alkyl carbamates (subject to hydrolysis) is 1. The van der Waals surface area contributed by atoms with Gasteiger partial charge < -0.3 is 19.7 Å². The molecule has 0 saturated heterocycles. The zero-order valence-electron chi connectivity index (χ0n) is 24.1. The van der Waals surface area contributed by atoms with Gasteiger partial charge in [-0.3, -0.25) is 0 Å². The van der Waals surface area contributed by atoms with Crippen LogP contribution in [0.25, 0.3) is 22.3 Å². The van der Waals surface area contributed by atoms with E-state index < -0.39 is 17.8 Å². The summed E-state index contributed by atoms with van der Waals surface area (Å²) < 4.78 is 11.3. The number of amides is 2. The quantitative estimate of drug-likeness (QED) is 0.227. The molecular weight excluding hydrogens is 548 g/mol. The number of carbonyl (C=O) groups is 2. The van der Waals surface area contributed by atoms with E-state index >= 15 is 0 Å². The van der Waals surface area contributed by atoms with E-state index in [0.717, 1.165) is 27.8 Å². The fraction of sp³-hybridized carbons (Fsp3) is 0.257. The third kappa shape index (κ3) is 6.94. The summed E-state index contributed by atoms with van der Waals surface area (Å²) in [5, 5.41) is 3.33. The number of hydrogen-bond donors (Lipinski definition) is 1. The average Bonchev–Trinajstić information content (AvgIpc) is 3.28. The Morgan fingerprint density at radius 1 is 0.833 bits per heavy atom. The van der Waals surface area contributed by atoms with E-state index in [4.69, 9.17) is 21.1 Å². The lowest BCUT2D eigenvalue weighted by molar-refractivity contribution is 0.0514. The van der Waals surface area contributed by atoms with Crippen molar-refractivity contribution in [2.24, 2.45) is 0 Å². The molecule has 1 aliphatic carbocycles. The van der Waals surface area contributed by atoms with Crippen molar-refractivity contribution in [1.82, 2.24) is 10.2 Å². The summed E-state index contributed by atoms with van der Waals surface area (Å²) in [6.07, 6.45) is -1.00. The number of carbonyl (C=O) groups excluding carboxylic acids is 2. The van der Waals surface area contributed by atoms with Gasteiger partial charge in [0.2, 0.25) is 0 Å². The molecule has 0 aliphatic heterocycles. The number of halogens is 1. The number of rotatable bonds is 8. The van der Waals surface area contributed by atoms with Crippen LogP contribution in [0.5, 0.6) is 0 Å². The number of nitrogens with one attached hydrogen (secondary N) is 1. The van der Waals surface area contributed by atoms with Crippen molar-refractivity contribution in [2.75, 3.05) is 19.7 Å². The molecule has 4 aromatic rings. The first-order valence-corrected chi connectivity index (χ1v) is 14.5. The van der Waals surface area contributed by atoms with E-state index in [9.17, 15) is 9.59 Å². The Morgan fingerprint density at radius 3 is 2.07 bits per heavy atom. The number of nitrogens with zero attached hydrogens (tertiary/aromatic N) is 1. The molecule has 0 bridgehead atoms. The summed E-state index contributed by atoms with van der Waals surface area (Å²) >= 11 is 6.67. The monoisotopic (exact) mass is 582 g/mol. The molecule has 0 saturated carbocycles. The van der Waals surface area contributed by atoms with Crippen LogP contribution in [-0.4, -0.2) is 42.4 Å². The van der Waals surface area contributed by atoms with Gasteiger partial charge in [-0.05, 0) is 60.2 Å². The van der Waals surface area contributed by atoms with Crippen molar-refractivity contribution in [3.8, 4) is 22.3 Å². The fourth-order valence-electron chi connectivity index (χ4n) is 5.26. The molecule has 0 aromatic heterocycles. The summed E-state index contributed by atoms with van der Waals surface area (Å²) in [4.78, 5) is 27.3. The molecule has 0 spiro atoms. The largest absolute Gasteiger partial charge is 0.448 e. The molecule has 0 radical (unpaired) electrons. The van der Waals surface area contributed by atoms with Crippen molar-refractivity contribution < 1.29 is 19.1 Å². The van der Waals surface area contributed by atoms with Crippen LogP contribution in [0, 0.1) is 0 Å². The second-order valence-corrected chi connectivity index (χ2v) is 11.7. The summed E-state index contributed by atoms with van der Waals surface area (Å²) in [5.74, 6) is -0.0531. The Hall–Kier alpha value is -4.29. The lowest BCUT2D eigenvalue weighted by Gasteiger charge is -2.25. The molecule has 216 valence electrons. The first-order valence-electron chi connectivity index (χ1n) is 14.1. The Bertz CT molecular complexity index is 1520. The van der Waals surface area contributed by atoms with Crippen LogP contribution in [0.15, 0.2) is 97.1 Å². The minimum atomic E-state index is -0.617. The summed E-state index contributed by atoms with van der Waals surface area (Å²) in [5.41, 5.74) is 6.80. The van der Waals surface area contributed by atoms with Crippen molar-refractivity contribution >= 4 is 23.8 Å². The molecular formula is C35H35ClN2O4. The maximum absolute atomic E-state index is 13.5. The van der Waals surface area contributed by atoms with Crippen molar-refractivity contribution in [3.63, 3.8) is 0 Å². The number of benzene rings is 4. The molecule has 5 rings (SSSR count). The second-order valence-electron chi connectivity index (χ2n) is 11.3. The topological polar surface area (TPSA) is 67.9 Å². The van der Waals surface area contributed by atoms with Crippen molar-refractivity contribution in [2.45, 2.75) is 38.8 Å². The van der Waals surface area contributed by atoms with Gasteiger partial charge >= 0.3 is 12.2 Å². The molecule has 0 heterocycles. The minimum Gasteiger partial charge on any atom is -0.448 e. The number of hydrogen-bond acceptors (Lipinski definition) is 4. The Morgan fingerprint density at radius 2 is 1.45 bits per heavy atom. The molecule has 6 nitrogen and oxygen atoms in total. The van der Waals surface area contributed by atoms with Gasteiger partial charge in [-0.15, -0.1) is 0 Å². The van der Waals surface area contributed by atoms with Gasteiger partial charge in [-0.2, -0.15) is 0 Å². The van der Waals surface area contributed by atoms with Crippen LogP contribution in [0.1, 0.15) is 43.4 Å². The maximum Gasteiger partial charge on any atom is 0.410 e. The molecule has 0 fully saturated rings. The van der Waals surface area contributed by atoms with Crippen LogP contribution < -0.4 is 5.32 Å². The first kappa shape index (κ1) is 29.2. The highest BCUT2D eigenvalue weighted by atomic mass is 35.5. The SMILES string of the molecule is CC(C)(C)OC(=O)NCCN(Cc1ccc(-c2ccccc2)c(Cl)c1)C(=O)OCC1c2ccccc2-c2ccccc21. The zero-order chi connectivity index (χ0) is 29.7. The van der Waals surface area contributed by atoms with E-state index in [1.165, 1.54) is 11.1 Å². The highest BCUT2D eigenvalue weighted by Crippen LogP contribution is 2.44. The third-order valence-corrected chi connectivity index (χ3v) is 7.45. The summed E-state index contributed by atoms with van der Waals surface area (Å²) in [6.45, 7) is 6.32. The Kier molecular flexibility index (Phi) is 8.83. The van der Waals surface area contributed by atoms with E-state index in [0.29, 0.717) is 5.02 Å². The second kappa shape index (κ2) is 12.7. The van der Waals surface area contributed by atoms with E-state index in [1.807, 2.05) is 72.8 Å². The molecule has 0 atom stereocenters. The molecule has 1 N–H and O–H groups in total. The smallest absolute Gasteiger partial charge is 0.410 e.